The second-order valence-corrected chi connectivity index (χ2v) is 5.73. The van der Waals surface area contributed by atoms with E-state index in [9.17, 15) is 4.39 Å². The topological polar surface area (TPSA) is 42.2 Å². The number of hydrogen-bond acceptors (Lipinski definition) is 3. The normalized spacial score (nSPS) is 20.3. The maximum absolute atomic E-state index is 13.8. The maximum Gasteiger partial charge on any atom is 0.495 e. The fourth-order valence-corrected chi connectivity index (χ4v) is 2.03. The van der Waals surface area contributed by atoms with Gasteiger partial charge in [0.15, 0.2) is 0 Å². The second-order valence-electron chi connectivity index (χ2n) is 5.73. The molecule has 1 aromatic carbocycles. The average Bonchev–Trinajstić information content (AvgIpc) is 2.51. The standard InChI is InChI=1S/C14H17BFNO2/c1-13(2)14(3,4)19-15(18-13)11-6-5-7-12(16)10(11)8-9-17/h5-7H,8H2,1-4H3. The van der Waals surface area contributed by atoms with Crippen LogP contribution in [0.1, 0.15) is 33.3 Å². The Morgan fingerprint density at radius 3 is 2.32 bits per heavy atom. The first-order chi connectivity index (χ1) is 8.78. The average molecular weight is 261 g/mol. The highest BCUT2D eigenvalue weighted by atomic mass is 19.1. The molecule has 0 spiro atoms. The van der Waals surface area contributed by atoms with Gasteiger partial charge in [-0.15, -0.1) is 0 Å². The smallest absolute Gasteiger partial charge is 0.399 e. The Balaban J connectivity index is 2.40. The predicted octanol–water partition coefficient (Wildman–Crippen LogP) is 2.19. The fourth-order valence-electron chi connectivity index (χ4n) is 2.03. The molecule has 1 fully saturated rings. The summed E-state index contributed by atoms with van der Waals surface area (Å²) < 4.78 is 25.6. The summed E-state index contributed by atoms with van der Waals surface area (Å²) in [5, 5.41) is 8.82. The zero-order valence-corrected chi connectivity index (χ0v) is 11.7. The molecule has 5 heteroatoms. The molecule has 0 saturated carbocycles. The zero-order valence-electron chi connectivity index (χ0n) is 11.7. The van der Waals surface area contributed by atoms with Gasteiger partial charge in [-0.3, -0.25) is 0 Å². The largest absolute Gasteiger partial charge is 0.495 e. The van der Waals surface area contributed by atoms with Gasteiger partial charge in [-0.1, -0.05) is 12.1 Å². The number of benzene rings is 1. The van der Waals surface area contributed by atoms with Crippen LogP contribution in [0.5, 0.6) is 0 Å². The van der Waals surface area contributed by atoms with E-state index in [1.54, 1.807) is 12.1 Å². The fraction of sp³-hybridized carbons (Fsp3) is 0.500. The molecule has 0 amide bonds. The minimum Gasteiger partial charge on any atom is -0.399 e. The van der Waals surface area contributed by atoms with Gasteiger partial charge in [-0.05, 0) is 39.2 Å². The van der Waals surface area contributed by atoms with Gasteiger partial charge < -0.3 is 9.31 Å². The van der Waals surface area contributed by atoms with Gasteiger partial charge in [-0.2, -0.15) is 5.26 Å². The molecule has 0 aliphatic carbocycles. The number of nitriles is 1. The van der Waals surface area contributed by atoms with E-state index in [0.29, 0.717) is 11.0 Å². The molecule has 1 aromatic rings. The van der Waals surface area contributed by atoms with Crippen molar-refractivity contribution in [2.45, 2.75) is 45.3 Å². The van der Waals surface area contributed by atoms with Crippen molar-refractivity contribution in [2.24, 2.45) is 0 Å². The lowest BCUT2D eigenvalue weighted by Gasteiger charge is -2.32. The third-order valence-electron chi connectivity index (χ3n) is 3.92. The van der Waals surface area contributed by atoms with Gasteiger partial charge in [0.1, 0.15) is 5.82 Å². The molecule has 0 aromatic heterocycles. The molecule has 1 aliphatic rings. The molecular weight excluding hydrogens is 244 g/mol. The van der Waals surface area contributed by atoms with Crippen molar-refractivity contribution < 1.29 is 13.7 Å². The predicted molar refractivity (Wildman–Crippen MR) is 71.4 cm³/mol. The first-order valence-electron chi connectivity index (χ1n) is 6.28. The summed E-state index contributed by atoms with van der Waals surface area (Å²) in [6.45, 7) is 7.76. The molecule has 0 radical (unpaired) electrons. The van der Waals surface area contributed by atoms with Crippen LogP contribution in [0.25, 0.3) is 0 Å². The van der Waals surface area contributed by atoms with Crippen LogP contribution in [-0.4, -0.2) is 18.3 Å². The van der Waals surface area contributed by atoms with Crippen molar-refractivity contribution in [2.75, 3.05) is 0 Å². The Labute approximate surface area is 113 Å². The first kappa shape index (κ1) is 14.0. The molecule has 19 heavy (non-hydrogen) atoms. The SMILES string of the molecule is CC1(C)OB(c2cccc(F)c2CC#N)OC1(C)C. The highest BCUT2D eigenvalue weighted by molar-refractivity contribution is 6.62. The number of hydrogen-bond donors (Lipinski definition) is 0. The van der Waals surface area contributed by atoms with E-state index in [4.69, 9.17) is 14.6 Å². The summed E-state index contributed by atoms with van der Waals surface area (Å²) in [7, 11) is -0.635. The van der Waals surface area contributed by atoms with Gasteiger partial charge in [-0.25, -0.2) is 4.39 Å². The molecule has 2 rings (SSSR count). The van der Waals surface area contributed by atoms with Gasteiger partial charge >= 0.3 is 7.12 Å². The van der Waals surface area contributed by atoms with E-state index < -0.39 is 24.1 Å². The van der Waals surface area contributed by atoms with Gasteiger partial charge in [0.2, 0.25) is 0 Å². The van der Waals surface area contributed by atoms with Crippen molar-refractivity contribution >= 4 is 12.6 Å². The first-order valence-corrected chi connectivity index (χ1v) is 6.28. The van der Waals surface area contributed by atoms with Crippen LogP contribution in [0.4, 0.5) is 4.39 Å². The molecular formula is C14H17BFNO2. The van der Waals surface area contributed by atoms with Gasteiger partial charge in [0.05, 0.1) is 23.7 Å². The molecule has 100 valence electrons. The summed E-state index contributed by atoms with van der Waals surface area (Å²) in [5.74, 6) is -0.395. The monoisotopic (exact) mass is 261 g/mol. The van der Waals surface area contributed by atoms with Gasteiger partial charge in [0, 0.05) is 5.56 Å². The second kappa shape index (κ2) is 4.62. The lowest BCUT2D eigenvalue weighted by atomic mass is 9.75. The Bertz CT molecular complexity index is 521. The van der Waals surface area contributed by atoms with Crippen LogP contribution >= 0.6 is 0 Å². The summed E-state index contributed by atoms with van der Waals surface area (Å²) in [4.78, 5) is 0. The Morgan fingerprint density at radius 1 is 1.21 bits per heavy atom. The summed E-state index contributed by atoms with van der Waals surface area (Å²) in [6, 6.07) is 6.68. The number of halogens is 1. The number of rotatable bonds is 2. The zero-order chi connectivity index (χ0) is 14.3. The van der Waals surface area contributed by atoms with E-state index in [0.717, 1.165) is 0 Å². The van der Waals surface area contributed by atoms with E-state index in [2.05, 4.69) is 0 Å². The van der Waals surface area contributed by atoms with Crippen molar-refractivity contribution in [3.05, 3.63) is 29.6 Å². The summed E-state index contributed by atoms with van der Waals surface area (Å²) in [6.07, 6.45) is 0.00604. The van der Waals surface area contributed by atoms with Crippen molar-refractivity contribution in [1.29, 1.82) is 5.26 Å². The summed E-state index contributed by atoms with van der Waals surface area (Å²) >= 11 is 0. The number of nitrogens with zero attached hydrogens (tertiary/aromatic N) is 1. The van der Waals surface area contributed by atoms with Crippen LogP contribution in [0.15, 0.2) is 18.2 Å². The van der Waals surface area contributed by atoms with Crippen molar-refractivity contribution in [3.63, 3.8) is 0 Å². The third-order valence-corrected chi connectivity index (χ3v) is 3.92. The molecule has 1 aliphatic heterocycles. The van der Waals surface area contributed by atoms with Crippen LogP contribution in [-0.2, 0) is 15.7 Å². The maximum atomic E-state index is 13.8. The minimum absolute atomic E-state index is 0.00604. The molecule has 3 nitrogen and oxygen atoms in total. The Morgan fingerprint density at radius 2 is 1.79 bits per heavy atom. The van der Waals surface area contributed by atoms with E-state index in [1.165, 1.54) is 6.07 Å². The highest BCUT2D eigenvalue weighted by Crippen LogP contribution is 2.36. The molecule has 0 N–H and O–H groups in total. The molecule has 0 unspecified atom stereocenters. The minimum atomic E-state index is -0.635. The highest BCUT2D eigenvalue weighted by Gasteiger charge is 2.52. The lowest BCUT2D eigenvalue weighted by Crippen LogP contribution is -2.41. The quantitative estimate of drug-likeness (QED) is 0.766. The van der Waals surface area contributed by atoms with Gasteiger partial charge in [0.25, 0.3) is 0 Å². The molecule has 1 heterocycles. The third kappa shape index (κ3) is 2.38. The van der Waals surface area contributed by atoms with Crippen LogP contribution in [0.2, 0.25) is 0 Å². The van der Waals surface area contributed by atoms with E-state index in [-0.39, 0.29) is 6.42 Å². The molecule has 0 atom stereocenters. The Hall–Kier alpha value is -1.38. The molecule has 0 bridgehead atoms. The van der Waals surface area contributed by atoms with E-state index in [1.807, 2.05) is 33.8 Å². The molecule has 1 saturated heterocycles. The van der Waals surface area contributed by atoms with Crippen LogP contribution in [0.3, 0.4) is 0 Å². The van der Waals surface area contributed by atoms with Crippen LogP contribution < -0.4 is 5.46 Å². The summed E-state index contributed by atoms with van der Waals surface area (Å²) in [5.41, 5.74) is -0.00868. The van der Waals surface area contributed by atoms with Crippen molar-refractivity contribution in [1.82, 2.24) is 0 Å². The lowest BCUT2D eigenvalue weighted by molar-refractivity contribution is 0.00578. The van der Waals surface area contributed by atoms with Crippen LogP contribution in [0, 0.1) is 17.1 Å². The Kier molecular flexibility index (Phi) is 3.42. The van der Waals surface area contributed by atoms with Crippen molar-refractivity contribution in [3.8, 4) is 6.07 Å². The van der Waals surface area contributed by atoms with E-state index >= 15 is 0 Å².